The zero-order valence-electron chi connectivity index (χ0n) is 8.26. The van der Waals surface area contributed by atoms with Crippen molar-refractivity contribution in [2.45, 2.75) is 32.7 Å². The van der Waals surface area contributed by atoms with Crippen molar-refractivity contribution in [1.82, 2.24) is 4.98 Å². The molecular weight excluding hydrogens is 167 g/mol. The van der Waals surface area contributed by atoms with E-state index in [1.165, 1.54) is 12.3 Å². The molecule has 1 N–H and O–H groups in total. The lowest BCUT2D eigenvalue weighted by Crippen LogP contribution is -2.30. The van der Waals surface area contributed by atoms with Crippen LogP contribution in [0.5, 0.6) is 0 Å². The van der Waals surface area contributed by atoms with Crippen LogP contribution in [0.3, 0.4) is 0 Å². The first-order valence-electron chi connectivity index (χ1n) is 4.43. The highest BCUT2D eigenvalue weighted by Crippen LogP contribution is 2.15. The highest BCUT2D eigenvalue weighted by molar-refractivity contribution is 5.36. The van der Waals surface area contributed by atoms with Crippen molar-refractivity contribution in [3.63, 3.8) is 0 Å². The summed E-state index contributed by atoms with van der Waals surface area (Å²) in [6.07, 6.45) is 2.21. The molecule has 3 heteroatoms. The molecule has 1 aromatic heterocycles. The van der Waals surface area contributed by atoms with Crippen molar-refractivity contribution in [3.8, 4) is 0 Å². The lowest BCUT2D eigenvalue weighted by molar-refractivity contribution is 0.544. The molecule has 0 saturated carbocycles. The average molecular weight is 182 g/mol. The molecule has 1 rings (SSSR count). The molecule has 0 aliphatic heterocycles. The first-order chi connectivity index (χ1) is 6.03. The normalized spacial score (nSPS) is 11.4. The Bertz CT molecular complexity index is 267. The van der Waals surface area contributed by atoms with Crippen molar-refractivity contribution in [2.75, 3.05) is 5.32 Å². The van der Waals surface area contributed by atoms with Crippen LogP contribution in [-0.2, 0) is 0 Å². The maximum Gasteiger partial charge on any atom is 0.141 e. The molecule has 0 fully saturated rings. The number of nitrogens with one attached hydrogen (secondary N) is 1. The molecule has 2 nitrogen and oxygen atoms in total. The van der Waals surface area contributed by atoms with Gasteiger partial charge >= 0.3 is 0 Å². The highest BCUT2D eigenvalue weighted by atomic mass is 19.1. The lowest BCUT2D eigenvalue weighted by atomic mass is 10.0. The van der Waals surface area contributed by atoms with E-state index in [1.54, 1.807) is 6.07 Å². The Morgan fingerprint density at radius 1 is 1.46 bits per heavy atom. The van der Waals surface area contributed by atoms with Gasteiger partial charge in [0, 0.05) is 5.54 Å². The summed E-state index contributed by atoms with van der Waals surface area (Å²) in [5.74, 6) is 0.410. The fourth-order valence-electron chi connectivity index (χ4n) is 0.885. The fourth-order valence-corrected chi connectivity index (χ4v) is 0.885. The molecule has 0 bridgehead atoms. The molecule has 0 aliphatic carbocycles. The smallest absolute Gasteiger partial charge is 0.141 e. The molecule has 0 radical (unpaired) electrons. The van der Waals surface area contributed by atoms with Gasteiger partial charge in [0.2, 0.25) is 0 Å². The van der Waals surface area contributed by atoms with Crippen LogP contribution in [0.2, 0.25) is 0 Å². The SMILES string of the molecule is CCC(C)(C)Nc1ccc(F)cn1. The van der Waals surface area contributed by atoms with E-state index in [2.05, 4.69) is 31.1 Å². The van der Waals surface area contributed by atoms with Crippen LogP contribution in [0.15, 0.2) is 18.3 Å². The van der Waals surface area contributed by atoms with Crippen LogP contribution in [0.25, 0.3) is 0 Å². The Morgan fingerprint density at radius 3 is 2.62 bits per heavy atom. The van der Waals surface area contributed by atoms with Gasteiger partial charge < -0.3 is 5.32 Å². The van der Waals surface area contributed by atoms with Gasteiger partial charge in [-0.05, 0) is 32.4 Å². The van der Waals surface area contributed by atoms with E-state index in [4.69, 9.17) is 0 Å². The topological polar surface area (TPSA) is 24.9 Å². The molecule has 0 aliphatic rings. The summed E-state index contributed by atoms with van der Waals surface area (Å²) < 4.78 is 12.5. The summed E-state index contributed by atoms with van der Waals surface area (Å²) in [4.78, 5) is 3.93. The highest BCUT2D eigenvalue weighted by Gasteiger charge is 2.14. The Labute approximate surface area is 78.2 Å². The average Bonchev–Trinajstić information content (AvgIpc) is 2.09. The lowest BCUT2D eigenvalue weighted by Gasteiger charge is -2.24. The third-order valence-electron chi connectivity index (χ3n) is 2.08. The Morgan fingerprint density at radius 2 is 2.15 bits per heavy atom. The molecule has 1 heterocycles. The molecular formula is C10H15FN2. The van der Waals surface area contributed by atoms with Gasteiger partial charge in [0.25, 0.3) is 0 Å². The van der Waals surface area contributed by atoms with Gasteiger partial charge in [-0.1, -0.05) is 6.92 Å². The maximum atomic E-state index is 12.5. The van der Waals surface area contributed by atoms with E-state index in [0.717, 1.165) is 6.42 Å². The number of hydrogen-bond acceptors (Lipinski definition) is 2. The van der Waals surface area contributed by atoms with Gasteiger partial charge in [-0.25, -0.2) is 9.37 Å². The van der Waals surface area contributed by atoms with Crippen LogP contribution in [-0.4, -0.2) is 10.5 Å². The van der Waals surface area contributed by atoms with Gasteiger partial charge in [-0.3, -0.25) is 0 Å². The van der Waals surface area contributed by atoms with Gasteiger partial charge in [-0.2, -0.15) is 0 Å². The fraction of sp³-hybridized carbons (Fsp3) is 0.500. The predicted molar refractivity (Wildman–Crippen MR) is 52.2 cm³/mol. The number of rotatable bonds is 3. The van der Waals surface area contributed by atoms with Crippen molar-refractivity contribution < 1.29 is 4.39 Å². The summed E-state index contributed by atoms with van der Waals surface area (Å²) >= 11 is 0. The van der Waals surface area contributed by atoms with Crippen LogP contribution in [0, 0.1) is 5.82 Å². The molecule has 13 heavy (non-hydrogen) atoms. The van der Waals surface area contributed by atoms with Crippen molar-refractivity contribution in [2.24, 2.45) is 0 Å². The van der Waals surface area contributed by atoms with E-state index in [1.807, 2.05) is 0 Å². The Balaban J connectivity index is 2.69. The van der Waals surface area contributed by atoms with E-state index in [-0.39, 0.29) is 11.4 Å². The van der Waals surface area contributed by atoms with Crippen molar-refractivity contribution >= 4 is 5.82 Å². The first-order valence-corrected chi connectivity index (χ1v) is 4.43. The van der Waals surface area contributed by atoms with E-state index >= 15 is 0 Å². The molecule has 0 saturated heterocycles. The minimum Gasteiger partial charge on any atom is -0.365 e. The van der Waals surface area contributed by atoms with Crippen LogP contribution < -0.4 is 5.32 Å². The van der Waals surface area contributed by atoms with Crippen molar-refractivity contribution in [3.05, 3.63) is 24.1 Å². The summed E-state index contributed by atoms with van der Waals surface area (Å²) in [5, 5.41) is 3.22. The Hall–Kier alpha value is -1.12. The van der Waals surface area contributed by atoms with Crippen LogP contribution in [0.4, 0.5) is 10.2 Å². The number of halogens is 1. The minimum atomic E-state index is -0.306. The molecule has 0 atom stereocenters. The Kier molecular flexibility index (Phi) is 2.86. The largest absolute Gasteiger partial charge is 0.365 e. The number of hydrogen-bond donors (Lipinski definition) is 1. The molecule has 1 aromatic rings. The summed E-state index contributed by atoms with van der Waals surface area (Å²) in [6, 6.07) is 3.05. The number of anilines is 1. The zero-order valence-corrected chi connectivity index (χ0v) is 8.26. The summed E-state index contributed by atoms with van der Waals surface area (Å²) in [7, 11) is 0. The molecule has 0 spiro atoms. The summed E-state index contributed by atoms with van der Waals surface area (Å²) in [5.41, 5.74) is 0.00479. The van der Waals surface area contributed by atoms with E-state index in [9.17, 15) is 4.39 Å². The van der Waals surface area contributed by atoms with E-state index < -0.39 is 0 Å². The zero-order chi connectivity index (χ0) is 9.90. The standard InChI is InChI=1S/C10H15FN2/c1-4-10(2,3)13-9-6-5-8(11)7-12-9/h5-7H,4H2,1-3H3,(H,12,13). The predicted octanol–water partition coefficient (Wildman–Crippen LogP) is 2.82. The van der Waals surface area contributed by atoms with Crippen LogP contribution in [0.1, 0.15) is 27.2 Å². The monoisotopic (exact) mass is 182 g/mol. The van der Waals surface area contributed by atoms with Gasteiger partial charge in [0.15, 0.2) is 0 Å². The summed E-state index contributed by atoms with van der Waals surface area (Å²) in [6.45, 7) is 6.26. The number of nitrogens with zero attached hydrogens (tertiary/aromatic N) is 1. The number of aromatic nitrogens is 1. The maximum absolute atomic E-state index is 12.5. The third-order valence-corrected chi connectivity index (χ3v) is 2.08. The molecule has 0 amide bonds. The second-order valence-corrected chi connectivity index (χ2v) is 3.72. The first kappa shape index (κ1) is 9.96. The molecule has 72 valence electrons. The van der Waals surface area contributed by atoms with Gasteiger partial charge in [-0.15, -0.1) is 0 Å². The minimum absolute atomic E-state index is 0.00479. The van der Waals surface area contributed by atoms with Gasteiger partial charge in [0.1, 0.15) is 11.6 Å². The van der Waals surface area contributed by atoms with Gasteiger partial charge in [0.05, 0.1) is 6.20 Å². The quantitative estimate of drug-likeness (QED) is 0.777. The molecule has 0 aromatic carbocycles. The third kappa shape index (κ3) is 3.01. The molecule has 0 unspecified atom stereocenters. The number of pyridine rings is 1. The van der Waals surface area contributed by atoms with Crippen molar-refractivity contribution in [1.29, 1.82) is 0 Å². The second-order valence-electron chi connectivity index (χ2n) is 3.72. The second kappa shape index (κ2) is 3.73. The van der Waals surface area contributed by atoms with Crippen LogP contribution >= 0.6 is 0 Å². The van der Waals surface area contributed by atoms with E-state index in [0.29, 0.717) is 5.82 Å².